The molecular weight excluding hydrogens is 254 g/mol. The average molecular weight is 264 g/mol. The third kappa shape index (κ3) is 4.80. The lowest BCUT2D eigenvalue weighted by atomic mass is 10.4. The lowest BCUT2D eigenvalue weighted by Crippen LogP contribution is -2.47. The highest BCUT2D eigenvalue weighted by molar-refractivity contribution is 5.87. The second-order valence-electron chi connectivity index (χ2n) is 3.35. The number of nitrogens with zero attached hydrogens (tertiary/aromatic N) is 2. The van der Waals surface area contributed by atoms with E-state index in [9.17, 15) is 26.3 Å². The molecule has 0 aromatic carbocycles. The van der Waals surface area contributed by atoms with Crippen molar-refractivity contribution < 1.29 is 31.1 Å². The number of alkyl halides is 6. The number of rotatable bonds is 1. The third-order valence-corrected chi connectivity index (χ3v) is 1.97. The molecule has 1 saturated heterocycles. The number of morpholine rings is 1. The Labute approximate surface area is 93.0 Å². The van der Waals surface area contributed by atoms with Crippen molar-refractivity contribution in [3.63, 3.8) is 0 Å². The molecule has 0 amide bonds. The lowest BCUT2D eigenvalue weighted by molar-refractivity contribution is -0.119. The molecule has 0 saturated carbocycles. The van der Waals surface area contributed by atoms with Gasteiger partial charge in [0, 0.05) is 13.1 Å². The van der Waals surface area contributed by atoms with E-state index in [-0.39, 0.29) is 26.3 Å². The summed E-state index contributed by atoms with van der Waals surface area (Å²) in [6.45, 7) is -1.98. The van der Waals surface area contributed by atoms with Crippen LogP contribution in [0.5, 0.6) is 0 Å². The molecule has 1 heterocycles. The van der Waals surface area contributed by atoms with Gasteiger partial charge in [-0.15, -0.1) is 0 Å². The number of amidine groups is 1. The zero-order valence-electron chi connectivity index (χ0n) is 8.61. The van der Waals surface area contributed by atoms with Crippen LogP contribution in [0.4, 0.5) is 26.3 Å². The Morgan fingerprint density at radius 1 is 1.06 bits per heavy atom. The molecule has 0 aromatic heterocycles. The van der Waals surface area contributed by atoms with Crippen LogP contribution in [-0.4, -0.2) is 55.9 Å². The molecule has 0 radical (unpaired) electrons. The van der Waals surface area contributed by atoms with E-state index in [2.05, 4.69) is 4.99 Å². The molecule has 1 fully saturated rings. The highest BCUT2D eigenvalue weighted by Crippen LogP contribution is 2.23. The minimum atomic E-state index is -4.89. The van der Waals surface area contributed by atoms with Gasteiger partial charge in [0.25, 0.3) is 0 Å². The van der Waals surface area contributed by atoms with Gasteiger partial charge in [-0.1, -0.05) is 0 Å². The Hall–Kier alpha value is -0.990. The summed E-state index contributed by atoms with van der Waals surface area (Å²) in [5, 5.41) is 0. The standard InChI is InChI=1S/C8H10F6N2O/c9-7(10,11)5-15-6(8(12,13)14)16-1-3-17-4-2-16/h1-5H2. The smallest absolute Gasteiger partial charge is 0.378 e. The highest BCUT2D eigenvalue weighted by Gasteiger charge is 2.41. The van der Waals surface area contributed by atoms with E-state index >= 15 is 0 Å². The van der Waals surface area contributed by atoms with Gasteiger partial charge in [0.2, 0.25) is 5.84 Å². The molecule has 0 spiro atoms. The Morgan fingerprint density at radius 3 is 2.00 bits per heavy atom. The van der Waals surface area contributed by atoms with Gasteiger partial charge in [-0.25, -0.2) is 0 Å². The summed E-state index contributed by atoms with van der Waals surface area (Å²) in [5.41, 5.74) is 0. The number of hydrogen-bond donors (Lipinski definition) is 0. The second kappa shape index (κ2) is 5.11. The van der Waals surface area contributed by atoms with Crippen molar-refractivity contribution in [3.05, 3.63) is 0 Å². The van der Waals surface area contributed by atoms with Crippen molar-refractivity contribution >= 4 is 5.84 Å². The minimum absolute atomic E-state index is 0.0428. The molecule has 1 aliphatic rings. The Kier molecular flexibility index (Phi) is 4.23. The SMILES string of the molecule is FC(F)(F)CN=C(N1CCOCC1)C(F)(F)F. The first-order valence-electron chi connectivity index (χ1n) is 4.71. The van der Waals surface area contributed by atoms with Gasteiger partial charge in [-0.05, 0) is 0 Å². The summed E-state index contributed by atoms with van der Waals surface area (Å²) in [7, 11) is 0. The summed E-state index contributed by atoms with van der Waals surface area (Å²) in [6.07, 6.45) is -9.63. The summed E-state index contributed by atoms with van der Waals surface area (Å²) >= 11 is 0. The van der Waals surface area contributed by atoms with Gasteiger partial charge in [-0.3, -0.25) is 4.99 Å². The number of aliphatic imine (C=N–C) groups is 1. The molecule has 17 heavy (non-hydrogen) atoms. The van der Waals surface area contributed by atoms with Crippen molar-refractivity contribution in [2.45, 2.75) is 12.4 Å². The van der Waals surface area contributed by atoms with Crippen molar-refractivity contribution in [2.24, 2.45) is 4.99 Å². The zero-order valence-corrected chi connectivity index (χ0v) is 8.61. The molecule has 3 nitrogen and oxygen atoms in total. The first kappa shape index (κ1) is 14.1. The fourth-order valence-electron chi connectivity index (χ4n) is 1.31. The topological polar surface area (TPSA) is 24.8 Å². The molecule has 0 aliphatic carbocycles. The Bertz CT molecular complexity index is 279. The van der Waals surface area contributed by atoms with Gasteiger partial charge >= 0.3 is 12.4 Å². The first-order chi connectivity index (χ1) is 7.70. The van der Waals surface area contributed by atoms with Gasteiger partial charge in [0.15, 0.2) is 0 Å². The van der Waals surface area contributed by atoms with Gasteiger partial charge in [0.05, 0.1) is 13.2 Å². The normalized spacial score (nSPS) is 19.6. The van der Waals surface area contributed by atoms with Crippen LogP contribution in [0.2, 0.25) is 0 Å². The highest BCUT2D eigenvalue weighted by atomic mass is 19.4. The van der Waals surface area contributed by atoms with Crippen LogP contribution in [0.25, 0.3) is 0 Å². The van der Waals surface area contributed by atoms with Crippen LogP contribution in [0.1, 0.15) is 0 Å². The van der Waals surface area contributed by atoms with E-state index < -0.39 is 24.7 Å². The monoisotopic (exact) mass is 264 g/mol. The van der Waals surface area contributed by atoms with Crippen LogP contribution in [0.3, 0.4) is 0 Å². The Morgan fingerprint density at radius 2 is 1.59 bits per heavy atom. The van der Waals surface area contributed by atoms with Crippen molar-refractivity contribution in [2.75, 3.05) is 32.8 Å². The average Bonchev–Trinajstić information content (AvgIpc) is 2.15. The molecule has 0 atom stereocenters. The predicted molar refractivity (Wildman–Crippen MR) is 46.8 cm³/mol. The molecule has 0 N–H and O–H groups in total. The zero-order chi connectivity index (χ0) is 13.1. The van der Waals surface area contributed by atoms with Crippen LogP contribution in [-0.2, 0) is 4.74 Å². The largest absolute Gasteiger partial charge is 0.449 e. The third-order valence-electron chi connectivity index (χ3n) is 1.97. The van der Waals surface area contributed by atoms with E-state index in [4.69, 9.17) is 4.74 Å². The van der Waals surface area contributed by atoms with Crippen molar-refractivity contribution in [1.29, 1.82) is 0 Å². The van der Waals surface area contributed by atoms with Gasteiger partial charge in [0.1, 0.15) is 6.54 Å². The maximum atomic E-state index is 12.5. The van der Waals surface area contributed by atoms with Gasteiger partial charge < -0.3 is 9.64 Å². The summed E-state index contributed by atoms with van der Waals surface area (Å²) in [4.78, 5) is 3.39. The van der Waals surface area contributed by atoms with Crippen LogP contribution in [0.15, 0.2) is 4.99 Å². The number of ether oxygens (including phenoxy) is 1. The van der Waals surface area contributed by atoms with E-state index in [1.54, 1.807) is 0 Å². The van der Waals surface area contributed by atoms with E-state index in [1.165, 1.54) is 0 Å². The van der Waals surface area contributed by atoms with Crippen LogP contribution in [0, 0.1) is 0 Å². The van der Waals surface area contributed by atoms with E-state index in [0.29, 0.717) is 0 Å². The Balaban J connectivity index is 2.80. The number of hydrogen-bond acceptors (Lipinski definition) is 2. The molecular formula is C8H10F6N2O. The molecule has 1 rings (SSSR count). The number of halogens is 6. The minimum Gasteiger partial charge on any atom is -0.378 e. The molecule has 1 aliphatic heterocycles. The maximum absolute atomic E-state index is 12.5. The summed E-state index contributed by atoms with van der Waals surface area (Å²) in [6, 6.07) is 0. The van der Waals surface area contributed by atoms with E-state index in [1.807, 2.05) is 0 Å². The van der Waals surface area contributed by atoms with Crippen LogP contribution >= 0.6 is 0 Å². The second-order valence-corrected chi connectivity index (χ2v) is 3.35. The fraction of sp³-hybridized carbons (Fsp3) is 0.875. The van der Waals surface area contributed by atoms with Crippen LogP contribution < -0.4 is 0 Å². The van der Waals surface area contributed by atoms with Gasteiger partial charge in [-0.2, -0.15) is 26.3 Å². The summed E-state index contributed by atoms with van der Waals surface area (Å²) < 4.78 is 77.9. The van der Waals surface area contributed by atoms with Crippen molar-refractivity contribution in [3.8, 4) is 0 Å². The molecule has 0 bridgehead atoms. The van der Waals surface area contributed by atoms with E-state index in [0.717, 1.165) is 4.90 Å². The predicted octanol–water partition coefficient (Wildman–Crippen LogP) is 1.84. The first-order valence-corrected chi connectivity index (χ1v) is 4.71. The molecule has 9 heteroatoms. The quantitative estimate of drug-likeness (QED) is 0.410. The maximum Gasteiger partial charge on any atom is 0.449 e. The lowest BCUT2D eigenvalue weighted by Gasteiger charge is -2.30. The van der Waals surface area contributed by atoms with Crippen molar-refractivity contribution in [1.82, 2.24) is 4.90 Å². The molecule has 0 unspecified atom stereocenters. The molecule has 100 valence electrons. The molecule has 0 aromatic rings. The fourth-order valence-corrected chi connectivity index (χ4v) is 1.31. The summed E-state index contributed by atoms with van der Waals surface area (Å²) in [5.74, 6) is -1.49.